The lowest BCUT2D eigenvalue weighted by molar-refractivity contribution is 0.0524. The van der Waals surface area contributed by atoms with Gasteiger partial charge in [0.15, 0.2) is 0 Å². The van der Waals surface area contributed by atoms with Crippen LogP contribution in [-0.2, 0) is 4.74 Å². The third-order valence-electron chi connectivity index (χ3n) is 4.10. The Bertz CT molecular complexity index is 675. The average Bonchev–Trinajstić information content (AvgIpc) is 3.16. The summed E-state index contributed by atoms with van der Waals surface area (Å²) in [6.45, 7) is 2.21. The highest BCUT2D eigenvalue weighted by Gasteiger charge is 2.28. The second kappa shape index (κ2) is 6.65. The summed E-state index contributed by atoms with van der Waals surface area (Å²) < 4.78 is 8.09. The molecule has 0 spiro atoms. The smallest absolute Gasteiger partial charge is 0.341 e. The van der Waals surface area contributed by atoms with Crippen molar-refractivity contribution in [3.63, 3.8) is 0 Å². The molecule has 3 rings (SSSR count). The van der Waals surface area contributed by atoms with Gasteiger partial charge in [-0.3, -0.25) is 0 Å². The summed E-state index contributed by atoms with van der Waals surface area (Å²) in [6.07, 6.45) is 6.26. The molecule has 0 atom stereocenters. The van der Waals surface area contributed by atoms with Gasteiger partial charge >= 0.3 is 5.97 Å². The van der Waals surface area contributed by atoms with Crippen LogP contribution in [0.15, 0.2) is 34.9 Å². The van der Waals surface area contributed by atoms with Crippen LogP contribution in [0.4, 0.5) is 0 Å². The Morgan fingerprint density at radius 2 is 2.18 bits per heavy atom. The van der Waals surface area contributed by atoms with Gasteiger partial charge in [-0.25, -0.2) is 9.48 Å². The zero-order valence-corrected chi connectivity index (χ0v) is 14.2. The maximum absolute atomic E-state index is 12.2. The predicted molar refractivity (Wildman–Crippen MR) is 88.4 cm³/mol. The second-order valence-electron chi connectivity index (χ2n) is 5.54. The summed E-state index contributed by atoms with van der Waals surface area (Å²) in [5.41, 5.74) is 2.56. The third-order valence-corrected chi connectivity index (χ3v) is 4.59. The minimum absolute atomic E-state index is 0.273. The van der Waals surface area contributed by atoms with Gasteiger partial charge in [-0.2, -0.15) is 5.10 Å². The van der Waals surface area contributed by atoms with Crippen molar-refractivity contribution < 1.29 is 9.53 Å². The molecule has 1 saturated carbocycles. The molecule has 2 aromatic rings. The van der Waals surface area contributed by atoms with Crippen molar-refractivity contribution in [1.82, 2.24) is 9.78 Å². The molecule has 22 heavy (non-hydrogen) atoms. The van der Waals surface area contributed by atoms with Gasteiger partial charge in [0, 0.05) is 10.4 Å². The van der Waals surface area contributed by atoms with E-state index in [1.54, 1.807) is 6.20 Å². The first-order valence-electron chi connectivity index (χ1n) is 7.71. The Morgan fingerprint density at radius 3 is 2.86 bits per heavy atom. The molecule has 116 valence electrons. The Kier molecular flexibility index (Phi) is 4.62. The summed E-state index contributed by atoms with van der Waals surface area (Å²) in [5, 5.41) is 4.47. The first-order valence-corrected chi connectivity index (χ1v) is 8.51. The molecule has 5 heteroatoms. The van der Waals surface area contributed by atoms with Crippen LogP contribution in [0.3, 0.4) is 0 Å². The molecular weight excluding hydrogens is 344 g/mol. The van der Waals surface area contributed by atoms with Crippen molar-refractivity contribution in [3.05, 3.63) is 46.2 Å². The number of halogens is 1. The van der Waals surface area contributed by atoms with Gasteiger partial charge in [-0.15, -0.1) is 0 Å². The van der Waals surface area contributed by atoms with E-state index in [2.05, 4.69) is 21.0 Å². The highest BCUT2D eigenvalue weighted by molar-refractivity contribution is 9.10. The van der Waals surface area contributed by atoms with E-state index in [0.717, 1.165) is 28.7 Å². The highest BCUT2D eigenvalue weighted by Crippen LogP contribution is 2.37. The Balaban J connectivity index is 2.08. The van der Waals surface area contributed by atoms with E-state index in [4.69, 9.17) is 4.74 Å². The fourth-order valence-corrected chi connectivity index (χ4v) is 3.52. The first kappa shape index (κ1) is 15.3. The lowest BCUT2D eigenvalue weighted by atomic mass is 10.00. The Morgan fingerprint density at radius 1 is 1.41 bits per heavy atom. The molecule has 1 heterocycles. The molecule has 0 N–H and O–H groups in total. The monoisotopic (exact) mass is 362 g/mol. The summed E-state index contributed by atoms with van der Waals surface area (Å²) in [7, 11) is 0. The van der Waals surface area contributed by atoms with E-state index in [1.807, 2.05) is 35.9 Å². The number of rotatable bonds is 4. The SMILES string of the molecule is CCOC(=O)c1cnn(-c2cccc(Br)c2)c1C1CCCC1. The van der Waals surface area contributed by atoms with Gasteiger partial charge in [0.1, 0.15) is 5.56 Å². The maximum Gasteiger partial charge on any atom is 0.341 e. The van der Waals surface area contributed by atoms with E-state index in [1.165, 1.54) is 12.8 Å². The molecule has 1 aromatic heterocycles. The van der Waals surface area contributed by atoms with Gasteiger partial charge in [0.05, 0.1) is 24.2 Å². The zero-order valence-electron chi connectivity index (χ0n) is 12.6. The van der Waals surface area contributed by atoms with Crippen molar-refractivity contribution in [2.45, 2.75) is 38.5 Å². The van der Waals surface area contributed by atoms with Crippen LogP contribution in [0.2, 0.25) is 0 Å². The highest BCUT2D eigenvalue weighted by atomic mass is 79.9. The van der Waals surface area contributed by atoms with Crippen LogP contribution < -0.4 is 0 Å². The first-order chi connectivity index (χ1) is 10.7. The predicted octanol–water partition coefficient (Wildman–Crippen LogP) is 4.47. The van der Waals surface area contributed by atoms with Crippen LogP contribution in [0.25, 0.3) is 5.69 Å². The molecular formula is C17H19BrN2O2. The topological polar surface area (TPSA) is 44.1 Å². The number of benzene rings is 1. The fourth-order valence-electron chi connectivity index (χ4n) is 3.13. The molecule has 1 fully saturated rings. The van der Waals surface area contributed by atoms with Crippen molar-refractivity contribution in [2.75, 3.05) is 6.61 Å². The third kappa shape index (κ3) is 2.95. The van der Waals surface area contributed by atoms with Gasteiger partial charge in [-0.05, 0) is 38.0 Å². The lowest BCUT2D eigenvalue weighted by Gasteiger charge is -2.15. The lowest BCUT2D eigenvalue weighted by Crippen LogP contribution is -2.12. The van der Waals surface area contributed by atoms with Gasteiger partial charge in [-0.1, -0.05) is 34.8 Å². The van der Waals surface area contributed by atoms with Gasteiger partial charge in [0.2, 0.25) is 0 Å². The van der Waals surface area contributed by atoms with Crippen LogP contribution in [-0.4, -0.2) is 22.4 Å². The van der Waals surface area contributed by atoms with Gasteiger partial charge < -0.3 is 4.74 Å². The molecule has 0 saturated heterocycles. The van der Waals surface area contributed by atoms with Gasteiger partial charge in [0.25, 0.3) is 0 Å². The van der Waals surface area contributed by atoms with Crippen molar-refractivity contribution in [2.24, 2.45) is 0 Å². The minimum Gasteiger partial charge on any atom is -0.462 e. The van der Waals surface area contributed by atoms with Crippen LogP contribution in [0.5, 0.6) is 0 Å². The number of esters is 1. The summed E-state index contributed by atoms with van der Waals surface area (Å²) in [5.74, 6) is 0.103. The van der Waals surface area contributed by atoms with E-state index in [-0.39, 0.29) is 5.97 Å². The van der Waals surface area contributed by atoms with Crippen molar-refractivity contribution >= 4 is 21.9 Å². The zero-order chi connectivity index (χ0) is 15.5. The van der Waals surface area contributed by atoms with E-state index in [9.17, 15) is 4.79 Å². The van der Waals surface area contributed by atoms with E-state index < -0.39 is 0 Å². The molecule has 0 aliphatic heterocycles. The molecule has 0 amide bonds. The second-order valence-corrected chi connectivity index (χ2v) is 6.45. The van der Waals surface area contributed by atoms with Crippen molar-refractivity contribution in [3.8, 4) is 5.69 Å². The molecule has 0 bridgehead atoms. The van der Waals surface area contributed by atoms with Crippen LogP contribution >= 0.6 is 15.9 Å². The molecule has 0 radical (unpaired) electrons. The quantitative estimate of drug-likeness (QED) is 0.753. The number of nitrogens with zero attached hydrogens (tertiary/aromatic N) is 2. The largest absolute Gasteiger partial charge is 0.462 e. The number of hydrogen-bond acceptors (Lipinski definition) is 3. The standard InChI is InChI=1S/C17H19BrN2O2/c1-2-22-17(21)15-11-19-20(14-9-5-8-13(18)10-14)16(15)12-6-3-4-7-12/h5,8-12H,2-4,6-7H2,1H3. The normalized spacial score (nSPS) is 15.2. The molecule has 1 aliphatic rings. The van der Waals surface area contributed by atoms with Crippen molar-refractivity contribution in [1.29, 1.82) is 0 Å². The maximum atomic E-state index is 12.2. The molecule has 0 unspecified atom stereocenters. The number of aromatic nitrogens is 2. The van der Waals surface area contributed by atoms with E-state index >= 15 is 0 Å². The number of hydrogen-bond donors (Lipinski definition) is 0. The Labute approximate surface area is 138 Å². The van der Waals surface area contributed by atoms with Crippen LogP contribution in [0.1, 0.15) is 54.6 Å². The Hall–Kier alpha value is -1.62. The number of carbonyl (C=O) groups excluding carboxylic acids is 1. The summed E-state index contributed by atoms with van der Waals surface area (Å²) in [4.78, 5) is 12.2. The fraction of sp³-hybridized carbons (Fsp3) is 0.412. The average molecular weight is 363 g/mol. The summed E-state index contributed by atoms with van der Waals surface area (Å²) >= 11 is 3.50. The van der Waals surface area contributed by atoms with E-state index in [0.29, 0.717) is 18.1 Å². The molecule has 1 aliphatic carbocycles. The molecule has 4 nitrogen and oxygen atoms in total. The minimum atomic E-state index is -0.273. The molecule has 1 aromatic carbocycles. The van der Waals surface area contributed by atoms with Crippen LogP contribution in [0, 0.1) is 0 Å². The summed E-state index contributed by atoms with van der Waals surface area (Å²) in [6, 6.07) is 7.98. The number of ether oxygens (including phenoxy) is 1. The number of carbonyl (C=O) groups is 1.